The zero-order valence-electron chi connectivity index (χ0n) is 12.3. The number of likely N-dealkylation sites (tertiary alicyclic amines) is 1. The summed E-state index contributed by atoms with van der Waals surface area (Å²) in [5.74, 6) is -3.07. The highest BCUT2D eigenvalue weighted by Crippen LogP contribution is 2.40. The summed E-state index contributed by atoms with van der Waals surface area (Å²) < 4.78 is 13.1. The van der Waals surface area contributed by atoms with Crippen LogP contribution in [0.2, 0.25) is 0 Å². The normalized spacial score (nSPS) is 24.7. The Hall–Kier alpha value is -2.50. The van der Waals surface area contributed by atoms with Gasteiger partial charge in [0, 0.05) is 0 Å². The molecule has 6 heteroatoms. The molecule has 0 radical (unpaired) electrons. The topological polar surface area (TPSA) is 74.7 Å². The van der Waals surface area contributed by atoms with Crippen LogP contribution >= 0.6 is 0 Å². The number of amides is 2. The fraction of sp³-hybridized carbons (Fsp3) is 0.353. The minimum absolute atomic E-state index is 0.333. The van der Waals surface area contributed by atoms with Crippen LogP contribution < -0.4 is 0 Å². The summed E-state index contributed by atoms with van der Waals surface area (Å²) in [6.45, 7) is 0. The van der Waals surface area contributed by atoms with Gasteiger partial charge in [-0.2, -0.15) is 0 Å². The van der Waals surface area contributed by atoms with Crippen molar-refractivity contribution in [2.24, 2.45) is 11.8 Å². The van der Waals surface area contributed by atoms with Crippen LogP contribution in [0.4, 0.5) is 4.39 Å². The Balaban J connectivity index is 1.96. The van der Waals surface area contributed by atoms with E-state index in [0.29, 0.717) is 18.4 Å². The highest BCUT2D eigenvalue weighted by Gasteiger charge is 2.50. The standard InChI is InChI=1S/C17H16FNO4/c18-11-7-5-10(6-8-11)14(9-15(20)21)19-16(22)12-3-1-2-4-13(12)17(19)23/h1-2,5-8,12-14H,3-4,9H2,(H,20,21)/t12-,13-,14-/m0/s1. The van der Waals surface area contributed by atoms with E-state index in [1.807, 2.05) is 12.2 Å². The Morgan fingerprint density at radius 1 is 1.13 bits per heavy atom. The van der Waals surface area contributed by atoms with Gasteiger partial charge >= 0.3 is 5.97 Å². The molecule has 1 heterocycles. The number of carbonyl (C=O) groups is 3. The van der Waals surface area contributed by atoms with E-state index in [1.165, 1.54) is 24.3 Å². The van der Waals surface area contributed by atoms with E-state index >= 15 is 0 Å². The molecule has 1 saturated heterocycles. The molecule has 1 fully saturated rings. The highest BCUT2D eigenvalue weighted by molar-refractivity contribution is 6.06. The van der Waals surface area contributed by atoms with Gasteiger partial charge in [0.2, 0.25) is 11.8 Å². The van der Waals surface area contributed by atoms with E-state index in [-0.39, 0.29) is 11.8 Å². The molecule has 3 atom stereocenters. The quantitative estimate of drug-likeness (QED) is 0.683. The van der Waals surface area contributed by atoms with Crippen molar-refractivity contribution in [2.45, 2.75) is 25.3 Å². The number of hydrogen-bond acceptors (Lipinski definition) is 3. The van der Waals surface area contributed by atoms with Crippen LogP contribution in [-0.2, 0) is 14.4 Å². The van der Waals surface area contributed by atoms with Crippen LogP contribution in [0.3, 0.4) is 0 Å². The number of nitrogens with zero attached hydrogens (tertiary/aromatic N) is 1. The van der Waals surface area contributed by atoms with Crippen LogP contribution in [0.15, 0.2) is 36.4 Å². The van der Waals surface area contributed by atoms with Crippen molar-refractivity contribution in [3.8, 4) is 0 Å². The summed E-state index contributed by atoms with van der Waals surface area (Å²) in [4.78, 5) is 37.5. The van der Waals surface area contributed by atoms with Crippen molar-refractivity contribution in [1.29, 1.82) is 0 Å². The molecule has 1 aliphatic heterocycles. The zero-order chi connectivity index (χ0) is 16.6. The largest absolute Gasteiger partial charge is 0.481 e. The lowest BCUT2D eigenvalue weighted by atomic mass is 9.85. The van der Waals surface area contributed by atoms with Crippen LogP contribution in [0.5, 0.6) is 0 Å². The molecule has 0 aromatic heterocycles. The fourth-order valence-corrected chi connectivity index (χ4v) is 3.34. The third-order valence-electron chi connectivity index (χ3n) is 4.48. The monoisotopic (exact) mass is 317 g/mol. The lowest BCUT2D eigenvalue weighted by Crippen LogP contribution is -2.36. The molecule has 1 aliphatic carbocycles. The fourth-order valence-electron chi connectivity index (χ4n) is 3.34. The Bertz CT molecular complexity index is 656. The Kier molecular flexibility index (Phi) is 3.98. The van der Waals surface area contributed by atoms with Crippen molar-refractivity contribution in [1.82, 2.24) is 4.90 Å². The maximum atomic E-state index is 13.1. The average molecular weight is 317 g/mol. The van der Waals surface area contributed by atoms with Gasteiger partial charge in [-0.25, -0.2) is 4.39 Å². The number of aliphatic carboxylic acids is 1. The van der Waals surface area contributed by atoms with Crippen molar-refractivity contribution >= 4 is 17.8 Å². The summed E-state index contributed by atoms with van der Waals surface area (Å²) in [7, 11) is 0. The minimum Gasteiger partial charge on any atom is -0.481 e. The molecule has 2 amide bonds. The van der Waals surface area contributed by atoms with Gasteiger partial charge in [-0.3, -0.25) is 19.3 Å². The molecule has 23 heavy (non-hydrogen) atoms. The smallest absolute Gasteiger partial charge is 0.305 e. The minimum atomic E-state index is -1.12. The van der Waals surface area contributed by atoms with Gasteiger partial charge in [-0.15, -0.1) is 0 Å². The van der Waals surface area contributed by atoms with Crippen LogP contribution in [0.25, 0.3) is 0 Å². The molecule has 2 aliphatic rings. The summed E-state index contributed by atoms with van der Waals surface area (Å²) in [6, 6.07) is 4.33. The third kappa shape index (κ3) is 2.76. The van der Waals surface area contributed by atoms with Crippen LogP contribution in [-0.4, -0.2) is 27.8 Å². The maximum absolute atomic E-state index is 13.1. The number of benzene rings is 1. The van der Waals surface area contributed by atoms with Gasteiger partial charge in [0.25, 0.3) is 0 Å². The summed E-state index contributed by atoms with van der Waals surface area (Å²) in [5, 5.41) is 9.16. The number of carboxylic acids is 1. The maximum Gasteiger partial charge on any atom is 0.305 e. The number of halogens is 1. The number of imide groups is 1. The molecular weight excluding hydrogens is 301 g/mol. The summed E-state index contributed by atoms with van der Waals surface area (Å²) in [5.41, 5.74) is 0.446. The van der Waals surface area contributed by atoms with E-state index in [1.54, 1.807) is 0 Å². The number of carbonyl (C=O) groups excluding carboxylic acids is 2. The molecule has 120 valence electrons. The first-order valence-electron chi connectivity index (χ1n) is 7.48. The van der Waals surface area contributed by atoms with Crippen LogP contribution in [0, 0.1) is 17.7 Å². The lowest BCUT2D eigenvalue weighted by molar-refractivity contribution is -0.145. The lowest BCUT2D eigenvalue weighted by Gasteiger charge is -2.26. The second-order valence-corrected chi connectivity index (χ2v) is 5.87. The predicted octanol–water partition coefficient (Wildman–Crippen LogP) is 2.29. The molecular formula is C17H16FNO4. The van der Waals surface area contributed by atoms with E-state index in [9.17, 15) is 18.8 Å². The van der Waals surface area contributed by atoms with Crippen LogP contribution in [0.1, 0.15) is 30.9 Å². The number of hydrogen-bond donors (Lipinski definition) is 1. The van der Waals surface area contributed by atoms with E-state index in [4.69, 9.17) is 5.11 Å². The van der Waals surface area contributed by atoms with Crippen molar-refractivity contribution < 1.29 is 23.9 Å². The van der Waals surface area contributed by atoms with Crippen molar-refractivity contribution in [3.63, 3.8) is 0 Å². The number of allylic oxidation sites excluding steroid dienone is 2. The van der Waals surface area contributed by atoms with Gasteiger partial charge in [-0.1, -0.05) is 24.3 Å². The van der Waals surface area contributed by atoms with Crippen molar-refractivity contribution in [3.05, 3.63) is 47.8 Å². The summed E-state index contributed by atoms with van der Waals surface area (Å²) >= 11 is 0. The van der Waals surface area contributed by atoms with Gasteiger partial charge in [0.1, 0.15) is 5.82 Å². The molecule has 5 nitrogen and oxygen atoms in total. The number of rotatable bonds is 4. The molecule has 3 rings (SSSR count). The molecule has 0 spiro atoms. The van der Waals surface area contributed by atoms with E-state index in [0.717, 1.165) is 4.90 Å². The van der Waals surface area contributed by atoms with E-state index in [2.05, 4.69) is 0 Å². The SMILES string of the molecule is O=C(O)C[C@@H](c1ccc(F)cc1)N1C(=O)[C@H]2CC=CC[C@@H]2C1=O. The van der Waals surface area contributed by atoms with Gasteiger partial charge in [0.05, 0.1) is 24.3 Å². The Labute approximate surface area is 132 Å². The molecule has 0 unspecified atom stereocenters. The predicted molar refractivity (Wildman–Crippen MR) is 78.6 cm³/mol. The van der Waals surface area contributed by atoms with E-state index < -0.39 is 36.1 Å². The van der Waals surface area contributed by atoms with Crippen molar-refractivity contribution in [2.75, 3.05) is 0 Å². The Morgan fingerprint density at radius 2 is 1.65 bits per heavy atom. The third-order valence-corrected chi connectivity index (χ3v) is 4.48. The number of fused-ring (bicyclic) bond motifs is 1. The zero-order valence-corrected chi connectivity index (χ0v) is 12.3. The Morgan fingerprint density at radius 3 is 2.13 bits per heavy atom. The highest BCUT2D eigenvalue weighted by atomic mass is 19.1. The van der Waals surface area contributed by atoms with Gasteiger partial charge < -0.3 is 5.11 Å². The first-order chi connectivity index (χ1) is 11.0. The summed E-state index contributed by atoms with van der Waals surface area (Å²) in [6.07, 6.45) is 4.35. The average Bonchev–Trinajstić information content (AvgIpc) is 2.78. The molecule has 1 N–H and O–H groups in total. The first-order valence-corrected chi connectivity index (χ1v) is 7.48. The molecule has 0 saturated carbocycles. The molecule has 0 bridgehead atoms. The molecule has 1 aromatic rings. The second-order valence-electron chi connectivity index (χ2n) is 5.87. The first kappa shape index (κ1) is 15.4. The van der Waals surface area contributed by atoms with Gasteiger partial charge in [0.15, 0.2) is 0 Å². The second kappa shape index (κ2) is 5.95. The van der Waals surface area contributed by atoms with Gasteiger partial charge in [-0.05, 0) is 30.5 Å². The number of carboxylic acid groups (broad SMARTS) is 1. The molecule has 1 aromatic carbocycles.